The summed E-state index contributed by atoms with van der Waals surface area (Å²) in [5.74, 6) is 0. The van der Waals surface area contributed by atoms with Gasteiger partial charge in [-0.3, -0.25) is 4.90 Å². The van der Waals surface area contributed by atoms with Crippen molar-refractivity contribution < 1.29 is 5.11 Å². The first-order chi connectivity index (χ1) is 10.7. The minimum atomic E-state index is 0.111. The third kappa shape index (κ3) is 2.63. The molecule has 1 fully saturated rings. The molecule has 2 aromatic heterocycles. The molecule has 0 unspecified atom stereocenters. The predicted octanol–water partition coefficient (Wildman–Crippen LogP) is 2.80. The van der Waals surface area contributed by atoms with Crippen LogP contribution in [0.25, 0.3) is 5.52 Å². The van der Waals surface area contributed by atoms with E-state index in [4.69, 9.17) is 0 Å². The van der Waals surface area contributed by atoms with Crippen LogP contribution in [0.1, 0.15) is 37.3 Å². The third-order valence-corrected chi connectivity index (χ3v) is 5.27. The van der Waals surface area contributed by atoms with Gasteiger partial charge in [0.05, 0.1) is 11.1 Å². The van der Waals surface area contributed by atoms with Gasteiger partial charge in [-0.25, -0.2) is 0 Å². The molecular formula is C18H23N3O. The van der Waals surface area contributed by atoms with Crippen molar-refractivity contribution in [2.75, 3.05) is 19.7 Å². The minimum Gasteiger partial charge on any atom is -0.396 e. The molecule has 0 aliphatic carbocycles. The molecular weight excluding hydrogens is 274 g/mol. The highest BCUT2D eigenvalue weighted by molar-refractivity contribution is 5.65. The van der Waals surface area contributed by atoms with E-state index in [9.17, 15) is 10.4 Å². The maximum Gasteiger partial charge on any atom is 0.102 e. The van der Waals surface area contributed by atoms with Crippen molar-refractivity contribution >= 4 is 5.52 Å². The van der Waals surface area contributed by atoms with E-state index in [0.717, 1.165) is 55.5 Å². The molecule has 1 N–H and O–H groups in total. The van der Waals surface area contributed by atoms with Crippen LogP contribution >= 0.6 is 0 Å². The SMILES string of the molecule is CCC1(CO)CCN(Cc2cn3ccccc3c2C#N)CC1. The molecule has 0 radical (unpaired) electrons. The Labute approximate surface area is 131 Å². The van der Waals surface area contributed by atoms with Crippen LogP contribution in [0.5, 0.6) is 0 Å². The van der Waals surface area contributed by atoms with Crippen molar-refractivity contribution in [3.63, 3.8) is 0 Å². The summed E-state index contributed by atoms with van der Waals surface area (Å²) in [7, 11) is 0. The number of aliphatic hydroxyl groups excluding tert-OH is 1. The second kappa shape index (κ2) is 6.12. The van der Waals surface area contributed by atoms with Crippen LogP contribution in [0.15, 0.2) is 30.6 Å². The minimum absolute atomic E-state index is 0.111. The Kier molecular flexibility index (Phi) is 4.19. The van der Waals surface area contributed by atoms with Crippen LogP contribution in [0, 0.1) is 16.7 Å². The van der Waals surface area contributed by atoms with Crippen LogP contribution in [0.4, 0.5) is 0 Å². The maximum absolute atomic E-state index is 9.63. The summed E-state index contributed by atoms with van der Waals surface area (Å²) >= 11 is 0. The lowest BCUT2D eigenvalue weighted by Crippen LogP contribution is -2.41. The first kappa shape index (κ1) is 15.1. The van der Waals surface area contributed by atoms with E-state index in [-0.39, 0.29) is 12.0 Å². The lowest BCUT2D eigenvalue weighted by Gasteiger charge is -2.40. The Morgan fingerprint density at radius 3 is 2.73 bits per heavy atom. The van der Waals surface area contributed by atoms with Crippen molar-refractivity contribution in [1.82, 2.24) is 9.30 Å². The second-order valence-electron chi connectivity index (χ2n) is 6.42. The molecule has 1 aliphatic heterocycles. The quantitative estimate of drug-likeness (QED) is 0.944. The van der Waals surface area contributed by atoms with E-state index < -0.39 is 0 Å². The molecule has 3 rings (SSSR count). The van der Waals surface area contributed by atoms with Gasteiger partial charge < -0.3 is 9.51 Å². The summed E-state index contributed by atoms with van der Waals surface area (Å²) in [6.45, 7) is 5.25. The molecule has 116 valence electrons. The molecule has 0 atom stereocenters. The summed E-state index contributed by atoms with van der Waals surface area (Å²) in [6.07, 6.45) is 7.17. The molecule has 22 heavy (non-hydrogen) atoms. The van der Waals surface area contributed by atoms with Crippen molar-refractivity contribution in [2.24, 2.45) is 5.41 Å². The van der Waals surface area contributed by atoms with Crippen LogP contribution in [0.3, 0.4) is 0 Å². The molecule has 0 amide bonds. The maximum atomic E-state index is 9.63. The molecule has 4 nitrogen and oxygen atoms in total. The first-order valence-corrected chi connectivity index (χ1v) is 8.03. The van der Waals surface area contributed by atoms with E-state index in [1.807, 2.05) is 28.8 Å². The number of hydrogen-bond donors (Lipinski definition) is 1. The fraction of sp³-hybridized carbons (Fsp3) is 0.500. The van der Waals surface area contributed by atoms with Gasteiger partial charge in [0.1, 0.15) is 6.07 Å². The summed E-state index contributed by atoms with van der Waals surface area (Å²) in [6, 6.07) is 8.30. The standard InChI is InChI=1S/C18H23N3O/c1-2-18(14-22)6-9-20(10-7-18)12-15-13-21-8-4-3-5-17(21)16(15)11-19/h3-5,8,13,22H,2,6-7,9-10,12,14H2,1H3. The zero-order chi connectivity index (χ0) is 15.6. The van der Waals surface area contributed by atoms with Gasteiger partial charge in [0.15, 0.2) is 0 Å². The molecule has 0 bridgehead atoms. The van der Waals surface area contributed by atoms with Gasteiger partial charge in [0.25, 0.3) is 0 Å². The number of rotatable bonds is 4. The van der Waals surface area contributed by atoms with Crippen LogP contribution in [-0.2, 0) is 6.54 Å². The number of fused-ring (bicyclic) bond motifs is 1. The zero-order valence-corrected chi connectivity index (χ0v) is 13.1. The van der Waals surface area contributed by atoms with E-state index >= 15 is 0 Å². The molecule has 0 spiro atoms. The lowest BCUT2D eigenvalue weighted by atomic mass is 9.77. The van der Waals surface area contributed by atoms with Gasteiger partial charge >= 0.3 is 0 Å². The smallest absolute Gasteiger partial charge is 0.102 e. The first-order valence-electron chi connectivity index (χ1n) is 8.03. The van der Waals surface area contributed by atoms with Gasteiger partial charge in [-0.1, -0.05) is 13.0 Å². The summed E-state index contributed by atoms with van der Waals surface area (Å²) < 4.78 is 2.03. The molecule has 0 saturated carbocycles. The number of pyridine rings is 1. The highest BCUT2D eigenvalue weighted by Crippen LogP contribution is 2.35. The molecule has 4 heteroatoms. The van der Waals surface area contributed by atoms with Crippen molar-refractivity contribution in [2.45, 2.75) is 32.7 Å². The van der Waals surface area contributed by atoms with Gasteiger partial charge in [-0.05, 0) is 49.9 Å². The lowest BCUT2D eigenvalue weighted by molar-refractivity contribution is 0.0382. The number of aromatic nitrogens is 1. The van der Waals surface area contributed by atoms with Crippen LogP contribution in [-0.4, -0.2) is 34.1 Å². The van der Waals surface area contributed by atoms with E-state index in [0.29, 0.717) is 0 Å². The molecule has 0 aromatic carbocycles. The van der Waals surface area contributed by atoms with Gasteiger partial charge in [-0.2, -0.15) is 5.26 Å². The fourth-order valence-corrected chi connectivity index (χ4v) is 3.48. The number of nitriles is 1. The summed E-state index contributed by atoms with van der Waals surface area (Å²) in [5.41, 5.74) is 2.98. The number of nitrogens with zero attached hydrogens (tertiary/aromatic N) is 3. The van der Waals surface area contributed by atoms with Crippen LogP contribution in [0.2, 0.25) is 0 Å². The molecule has 1 aliphatic rings. The Morgan fingerprint density at radius 2 is 2.09 bits per heavy atom. The highest BCUT2D eigenvalue weighted by atomic mass is 16.3. The average molecular weight is 297 g/mol. The fourth-order valence-electron chi connectivity index (χ4n) is 3.48. The van der Waals surface area contributed by atoms with E-state index in [2.05, 4.69) is 24.1 Å². The largest absolute Gasteiger partial charge is 0.396 e. The number of aliphatic hydroxyl groups is 1. The van der Waals surface area contributed by atoms with Crippen LogP contribution < -0.4 is 0 Å². The molecule has 3 heterocycles. The Morgan fingerprint density at radius 1 is 1.32 bits per heavy atom. The second-order valence-corrected chi connectivity index (χ2v) is 6.42. The summed E-state index contributed by atoms with van der Waals surface area (Å²) in [4.78, 5) is 2.40. The van der Waals surface area contributed by atoms with Crippen molar-refractivity contribution in [3.8, 4) is 6.07 Å². The van der Waals surface area contributed by atoms with Crippen molar-refractivity contribution in [3.05, 3.63) is 41.7 Å². The molecule has 2 aromatic rings. The van der Waals surface area contributed by atoms with Crippen molar-refractivity contribution in [1.29, 1.82) is 5.26 Å². The third-order valence-electron chi connectivity index (χ3n) is 5.27. The number of piperidine rings is 1. The number of likely N-dealkylation sites (tertiary alicyclic amines) is 1. The highest BCUT2D eigenvalue weighted by Gasteiger charge is 2.32. The Hall–Kier alpha value is -1.83. The monoisotopic (exact) mass is 297 g/mol. The Bertz CT molecular complexity index is 684. The summed E-state index contributed by atoms with van der Waals surface area (Å²) in [5, 5.41) is 19.1. The topological polar surface area (TPSA) is 51.7 Å². The predicted molar refractivity (Wildman–Crippen MR) is 86.4 cm³/mol. The zero-order valence-electron chi connectivity index (χ0n) is 13.1. The normalized spacial score (nSPS) is 18.4. The van der Waals surface area contributed by atoms with Gasteiger partial charge in [-0.15, -0.1) is 0 Å². The average Bonchev–Trinajstić information content (AvgIpc) is 2.93. The Balaban J connectivity index is 1.76. The van der Waals surface area contributed by atoms with Gasteiger partial charge in [0, 0.05) is 31.1 Å². The van der Waals surface area contributed by atoms with E-state index in [1.54, 1.807) is 0 Å². The van der Waals surface area contributed by atoms with E-state index in [1.165, 1.54) is 0 Å². The van der Waals surface area contributed by atoms with Gasteiger partial charge in [0.2, 0.25) is 0 Å². The molecule has 1 saturated heterocycles. The number of hydrogen-bond acceptors (Lipinski definition) is 3.